The van der Waals surface area contributed by atoms with E-state index in [0.717, 1.165) is 5.56 Å². The Morgan fingerprint density at radius 1 is 1.07 bits per heavy atom. The third kappa shape index (κ3) is 7.81. The molecule has 0 radical (unpaired) electrons. The van der Waals surface area contributed by atoms with Crippen molar-refractivity contribution in [3.63, 3.8) is 0 Å². The first kappa shape index (κ1) is 22.2. The van der Waals surface area contributed by atoms with E-state index >= 15 is 0 Å². The largest absolute Gasteiger partial charge is 0.445 e. The van der Waals surface area contributed by atoms with Crippen LogP contribution in [0, 0.1) is 5.82 Å². The van der Waals surface area contributed by atoms with E-state index in [0.29, 0.717) is 11.1 Å². The number of hydrogen-bond acceptors (Lipinski definition) is 4. The highest BCUT2D eigenvalue weighted by molar-refractivity contribution is 5.68. The number of rotatable bonds is 6. The summed E-state index contributed by atoms with van der Waals surface area (Å²) in [6.45, 7) is 5.69. The highest BCUT2D eigenvalue weighted by Crippen LogP contribution is 2.14. The number of halogens is 1. The number of amides is 2. The van der Waals surface area contributed by atoms with Gasteiger partial charge >= 0.3 is 12.2 Å². The normalized spacial score (nSPS) is 10.9. The van der Waals surface area contributed by atoms with Crippen molar-refractivity contribution < 1.29 is 23.5 Å². The van der Waals surface area contributed by atoms with Crippen molar-refractivity contribution in [2.24, 2.45) is 0 Å². The Labute approximate surface area is 170 Å². The van der Waals surface area contributed by atoms with Crippen LogP contribution < -0.4 is 5.32 Å². The van der Waals surface area contributed by atoms with Crippen LogP contribution in [0.25, 0.3) is 0 Å². The average Bonchev–Trinajstić information content (AvgIpc) is 2.66. The Balaban J connectivity index is 1.91. The highest BCUT2D eigenvalue weighted by atomic mass is 19.1. The van der Waals surface area contributed by atoms with Gasteiger partial charge in [-0.2, -0.15) is 0 Å². The molecule has 0 unspecified atom stereocenters. The molecule has 2 aromatic carbocycles. The highest BCUT2D eigenvalue weighted by Gasteiger charge is 2.17. The van der Waals surface area contributed by atoms with Crippen molar-refractivity contribution in [3.05, 3.63) is 71.0 Å². The predicted molar refractivity (Wildman–Crippen MR) is 108 cm³/mol. The predicted octanol–water partition coefficient (Wildman–Crippen LogP) is 4.62. The number of nitrogens with zero attached hydrogens (tertiary/aromatic N) is 1. The van der Waals surface area contributed by atoms with Crippen molar-refractivity contribution >= 4 is 12.2 Å². The lowest BCUT2D eigenvalue weighted by atomic mass is 10.1. The fourth-order valence-corrected chi connectivity index (χ4v) is 2.50. The molecule has 0 saturated carbocycles. The zero-order valence-electron chi connectivity index (χ0n) is 17.2. The van der Waals surface area contributed by atoms with Crippen LogP contribution in [0.15, 0.2) is 48.5 Å². The number of carbonyl (C=O) groups is 2. The lowest BCUT2D eigenvalue weighted by Crippen LogP contribution is -2.32. The molecular weight excluding hydrogens is 375 g/mol. The summed E-state index contributed by atoms with van der Waals surface area (Å²) in [6.07, 6.45) is -1.10. The molecule has 0 aliphatic heterocycles. The number of hydrogen-bond donors (Lipinski definition) is 1. The first-order valence-corrected chi connectivity index (χ1v) is 9.30. The number of ether oxygens (including phenoxy) is 2. The number of alkyl carbamates (subject to hydrolysis) is 1. The van der Waals surface area contributed by atoms with E-state index in [-0.39, 0.29) is 19.7 Å². The van der Waals surface area contributed by atoms with Gasteiger partial charge in [0.05, 0.1) is 6.54 Å². The Kier molecular flexibility index (Phi) is 7.59. The Bertz CT molecular complexity index is 834. The zero-order chi connectivity index (χ0) is 21.4. The minimum atomic E-state index is -0.596. The molecule has 7 heteroatoms. The van der Waals surface area contributed by atoms with Crippen LogP contribution in [-0.4, -0.2) is 29.7 Å². The van der Waals surface area contributed by atoms with E-state index in [9.17, 15) is 14.0 Å². The molecule has 2 aromatic rings. The standard InChI is InChI=1S/C22H27FN2O4/c1-22(2,3)29-20(26)24-13-17-10-11-19(23)18(12-17)14-25(4)21(27)28-15-16-8-6-5-7-9-16/h5-12H,13-15H2,1-4H3,(H,24,26). The van der Waals surface area contributed by atoms with E-state index in [1.807, 2.05) is 30.3 Å². The molecule has 0 aliphatic rings. The van der Waals surface area contributed by atoms with Gasteiger partial charge in [-0.05, 0) is 44.0 Å². The molecule has 0 bridgehead atoms. The Hall–Kier alpha value is -3.09. The van der Waals surface area contributed by atoms with Gasteiger partial charge in [-0.15, -0.1) is 0 Å². The molecule has 0 atom stereocenters. The van der Waals surface area contributed by atoms with E-state index in [2.05, 4.69) is 5.32 Å². The van der Waals surface area contributed by atoms with Gasteiger partial charge in [0.2, 0.25) is 0 Å². The monoisotopic (exact) mass is 402 g/mol. The molecule has 0 spiro atoms. The number of carbonyl (C=O) groups excluding carboxylic acids is 2. The van der Waals surface area contributed by atoms with E-state index in [1.165, 1.54) is 11.0 Å². The quantitative estimate of drug-likeness (QED) is 0.766. The second-order valence-electron chi connectivity index (χ2n) is 7.68. The summed E-state index contributed by atoms with van der Waals surface area (Å²) in [5.74, 6) is -0.436. The minimum absolute atomic E-state index is 0.0414. The van der Waals surface area contributed by atoms with Gasteiger partial charge in [-0.1, -0.05) is 36.4 Å². The number of benzene rings is 2. The molecule has 0 aliphatic carbocycles. The van der Waals surface area contributed by atoms with Crippen molar-refractivity contribution in [3.8, 4) is 0 Å². The molecular formula is C22H27FN2O4. The lowest BCUT2D eigenvalue weighted by Gasteiger charge is -2.20. The van der Waals surface area contributed by atoms with Crippen LogP contribution in [0.3, 0.4) is 0 Å². The summed E-state index contributed by atoms with van der Waals surface area (Å²) in [7, 11) is 1.54. The molecule has 6 nitrogen and oxygen atoms in total. The summed E-state index contributed by atoms with van der Waals surface area (Å²) < 4.78 is 24.6. The maximum atomic E-state index is 14.2. The molecule has 1 N–H and O–H groups in total. The van der Waals surface area contributed by atoms with Crippen LogP contribution >= 0.6 is 0 Å². The molecule has 156 valence electrons. The maximum Gasteiger partial charge on any atom is 0.410 e. The van der Waals surface area contributed by atoms with Gasteiger partial charge in [-0.3, -0.25) is 0 Å². The summed E-state index contributed by atoms with van der Waals surface area (Å²) in [4.78, 5) is 25.2. The molecule has 2 amide bonds. The van der Waals surface area contributed by atoms with Crippen molar-refractivity contribution in [1.29, 1.82) is 0 Å². The van der Waals surface area contributed by atoms with Crippen LogP contribution in [0.5, 0.6) is 0 Å². The second-order valence-corrected chi connectivity index (χ2v) is 7.68. The van der Waals surface area contributed by atoms with E-state index < -0.39 is 23.6 Å². The average molecular weight is 402 g/mol. The Morgan fingerprint density at radius 3 is 2.41 bits per heavy atom. The van der Waals surface area contributed by atoms with Crippen LogP contribution in [0.1, 0.15) is 37.5 Å². The molecule has 0 fully saturated rings. The molecule has 0 saturated heterocycles. The summed E-state index contributed by atoms with van der Waals surface area (Å²) >= 11 is 0. The van der Waals surface area contributed by atoms with Gasteiger partial charge in [0, 0.05) is 19.2 Å². The van der Waals surface area contributed by atoms with Gasteiger partial charge in [0.15, 0.2) is 0 Å². The fraction of sp³-hybridized carbons (Fsp3) is 0.364. The first-order chi connectivity index (χ1) is 13.6. The maximum absolute atomic E-state index is 14.2. The molecule has 29 heavy (non-hydrogen) atoms. The topological polar surface area (TPSA) is 67.9 Å². The van der Waals surface area contributed by atoms with Crippen molar-refractivity contribution in [1.82, 2.24) is 10.2 Å². The van der Waals surface area contributed by atoms with Gasteiger partial charge in [-0.25, -0.2) is 14.0 Å². The SMILES string of the molecule is CN(Cc1cc(CNC(=O)OC(C)(C)C)ccc1F)C(=O)OCc1ccccc1. The summed E-state index contributed by atoms with van der Waals surface area (Å²) in [5, 5.41) is 2.63. The third-order valence-corrected chi connectivity index (χ3v) is 3.87. The van der Waals surface area contributed by atoms with E-state index in [1.54, 1.807) is 40.0 Å². The fourth-order valence-electron chi connectivity index (χ4n) is 2.50. The van der Waals surface area contributed by atoms with Crippen LogP contribution in [0.4, 0.5) is 14.0 Å². The lowest BCUT2D eigenvalue weighted by molar-refractivity contribution is 0.0523. The summed E-state index contributed by atoms with van der Waals surface area (Å²) in [5.41, 5.74) is 1.29. The van der Waals surface area contributed by atoms with Gasteiger partial charge in [0.1, 0.15) is 18.0 Å². The van der Waals surface area contributed by atoms with Gasteiger partial charge in [0.25, 0.3) is 0 Å². The van der Waals surface area contributed by atoms with Crippen molar-refractivity contribution in [2.75, 3.05) is 7.05 Å². The second kappa shape index (κ2) is 9.91. The van der Waals surface area contributed by atoms with E-state index in [4.69, 9.17) is 9.47 Å². The van der Waals surface area contributed by atoms with Crippen molar-refractivity contribution in [2.45, 2.75) is 46.1 Å². The zero-order valence-corrected chi connectivity index (χ0v) is 17.2. The van der Waals surface area contributed by atoms with Crippen LogP contribution in [-0.2, 0) is 29.2 Å². The molecule has 0 aromatic heterocycles. The smallest absolute Gasteiger partial charge is 0.410 e. The molecule has 0 heterocycles. The first-order valence-electron chi connectivity index (χ1n) is 9.30. The van der Waals surface area contributed by atoms with Crippen LogP contribution in [0.2, 0.25) is 0 Å². The molecule has 2 rings (SSSR count). The summed E-state index contributed by atoms with van der Waals surface area (Å²) in [6, 6.07) is 13.8. The number of nitrogens with one attached hydrogen (secondary N) is 1. The van der Waals surface area contributed by atoms with Gasteiger partial charge < -0.3 is 19.7 Å². The minimum Gasteiger partial charge on any atom is -0.445 e. The Morgan fingerprint density at radius 2 is 1.76 bits per heavy atom. The third-order valence-electron chi connectivity index (χ3n) is 3.87.